The number of fused-ring (bicyclic) bond motifs is 1. The van der Waals surface area contributed by atoms with E-state index in [1.54, 1.807) is 7.11 Å². The first kappa shape index (κ1) is 13.7. The summed E-state index contributed by atoms with van der Waals surface area (Å²) in [6, 6.07) is 4.10. The van der Waals surface area contributed by atoms with Gasteiger partial charge in [-0.15, -0.1) is 0 Å². The molecule has 0 aromatic heterocycles. The lowest BCUT2D eigenvalue weighted by Crippen LogP contribution is -2.31. The van der Waals surface area contributed by atoms with Crippen molar-refractivity contribution >= 4 is 11.7 Å². The molecule has 4 heteroatoms. The normalized spacial score (nSPS) is 14.1. The number of aliphatic carboxylic acids is 1. The number of hydrogen-bond acceptors (Lipinski definition) is 3. The predicted octanol–water partition coefficient (Wildman–Crippen LogP) is 2.62. The second-order valence-electron chi connectivity index (χ2n) is 5.00. The molecular weight excluding hydrogens is 242 g/mol. The quantitative estimate of drug-likeness (QED) is 0.887. The molecule has 1 aliphatic rings. The molecule has 1 aromatic rings. The van der Waals surface area contributed by atoms with Crippen molar-refractivity contribution in [1.82, 2.24) is 0 Å². The highest BCUT2D eigenvalue weighted by molar-refractivity contribution is 5.68. The van der Waals surface area contributed by atoms with E-state index in [0.717, 1.165) is 31.7 Å². The third-order valence-electron chi connectivity index (χ3n) is 3.69. The number of ether oxygens (including phenoxy) is 1. The molecule has 0 bridgehead atoms. The smallest absolute Gasteiger partial charge is 0.303 e. The number of aryl methyl sites for hydroxylation is 1. The van der Waals surface area contributed by atoms with Crippen molar-refractivity contribution in [2.45, 2.75) is 32.6 Å². The van der Waals surface area contributed by atoms with Gasteiger partial charge >= 0.3 is 5.97 Å². The van der Waals surface area contributed by atoms with Gasteiger partial charge in [-0.3, -0.25) is 4.79 Å². The van der Waals surface area contributed by atoms with Crippen LogP contribution in [-0.2, 0) is 11.2 Å². The number of nitrogens with zero attached hydrogens (tertiary/aromatic N) is 1. The Morgan fingerprint density at radius 3 is 2.95 bits per heavy atom. The van der Waals surface area contributed by atoms with Crippen LogP contribution in [0.3, 0.4) is 0 Å². The van der Waals surface area contributed by atoms with Gasteiger partial charge in [0, 0.05) is 19.5 Å². The summed E-state index contributed by atoms with van der Waals surface area (Å²) < 4.78 is 5.47. The summed E-state index contributed by atoms with van der Waals surface area (Å²) in [5, 5.41) is 8.74. The molecule has 0 radical (unpaired) electrons. The summed E-state index contributed by atoms with van der Waals surface area (Å²) in [4.78, 5) is 12.9. The van der Waals surface area contributed by atoms with Crippen LogP contribution in [0.15, 0.2) is 12.1 Å². The Kier molecular flexibility index (Phi) is 4.30. The summed E-state index contributed by atoms with van der Waals surface area (Å²) in [5.74, 6) is 0.170. The van der Waals surface area contributed by atoms with Crippen LogP contribution in [0, 0.1) is 6.92 Å². The zero-order valence-electron chi connectivity index (χ0n) is 11.6. The highest BCUT2D eigenvalue weighted by atomic mass is 16.5. The standard InChI is InChI=1S/C15H21NO3/c1-11-7-8-13(19-2)15-12(11)5-3-9-16(15)10-4-6-14(17)18/h7-8H,3-6,9-10H2,1-2H3,(H,17,18). The van der Waals surface area contributed by atoms with Crippen molar-refractivity contribution in [3.8, 4) is 5.75 Å². The Morgan fingerprint density at radius 2 is 2.26 bits per heavy atom. The van der Waals surface area contributed by atoms with Crippen molar-refractivity contribution in [3.05, 3.63) is 23.3 Å². The third-order valence-corrected chi connectivity index (χ3v) is 3.69. The van der Waals surface area contributed by atoms with Crippen LogP contribution in [0.5, 0.6) is 5.75 Å². The molecule has 0 amide bonds. The Morgan fingerprint density at radius 1 is 1.47 bits per heavy atom. The third kappa shape index (κ3) is 3.00. The van der Waals surface area contributed by atoms with E-state index < -0.39 is 5.97 Å². The first-order valence-electron chi connectivity index (χ1n) is 6.76. The van der Waals surface area contributed by atoms with Crippen LogP contribution in [-0.4, -0.2) is 31.3 Å². The highest BCUT2D eigenvalue weighted by Crippen LogP contribution is 2.38. The SMILES string of the molecule is COc1ccc(C)c2c1N(CCCC(=O)O)CCC2. The Labute approximate surface area is 114 Å². The Balaban J connectivity index is 2.21. The van der Waals surface area contributed by atoms with Gasteiger partial charge in [-0.25, -0.2) is 0 Å². The molecule has 0 atom stereocenters. The first-order chi connectivity index (χ1) is 9.13. The average Bonchev–Trinajstić information content (AvgIpc) is 2.39. The van der Waals surface area contributed by atoms with Crippen LogP contribution in [0.4, 0.5) is 5.69 Å². The number of benzene rings is 1. The fourth-order valence-corrected chi connectivity index (χ4v) is 2.75. The molecule has 0 aliphatic carbocycles. The molecule has 104 valence electrons. The fraction of sp³-hybridized carbons (Fsp3) is 0.533. The van der Waals surface area contributed by atoms with Gasteiger partial charge in [-0.2, -0.15) is 0 Å². The molecule has 0 spiro atoms. The van der Waals surface area contributed by atoms with E-state index in [9.17, 15) is 4.79 Å². The molecule has 2 rings (SSSR count). The van der Waals surface area contributed by atoms with Crippen LogP contribution < -0.4 is 9.64 Å². The lowest BCUT2D eigenvalue weighted by molar-refractivity contribution is -0.137. The number of carboxylic acids is 1. The largest absolute Gasteiger partial charge is 0.495 e. The van der Waals surface area contributed by atoms with Crippen LogP contribution in [0.1, 0.15) is 30.4 Å². The number of rotatable bonds is 5. The van der Waals surface area contributed by atoms with E-state index in [1.165, 1.54) is 16.8 Å². The summed E-state index contributed by atoms with van der Waals surface area (Å²) in [5.41, 5.74) is 3.80. The summed E-state index contributed by atoms with van der Waals surface area (Å²) >= 11 is 0. The lowest BCUT2D eigenvalue weighted by Gasteiger charge is -2.33. The first-order valence-corrected chi connectivity index (χ1v) is 6.76. The maximum absolute atomic E-state index is 10.6. The molecule has 4 nitrogen and oxygen atoms in total. The number of carboxylic acid groups (broad SMARTS) is 1. The van der Waals surface area contributed by atoms with Crippen LogP contribution >= 0.6 is 0 Å². The van der Waals surface area contributed by atoms with E-state index in [-0.39, 0.29) is 6.42 Å². The molecule has 0 unspecified atom stereocenters. The zero-order chi connectivity index (χ0) is 13.8. The van der Waals surface area contributed by atoms with Gasteiger partial charge in [-0.1, -0.05) is 6.07 Å². The molecule has 0 fully saturated rings. The minimum absolute atomic E-state index is 0.222. The van der Waals surface area contributed by atoms with Gasteiger partial charge < -0.3 is 14.7 Å². The second kappa shape index (κ2) is 5.95. The number of anilines is 1. The molecule has 0 saturated carbocycles. The van der Waals surface area contributed by atoms with Crippen molar-refractivity contribution in [1.29, 1.82) is 0 Å². The van der Waals surface area contributed by atoms with Crippen molar-refractivity contribution < 1.29 is 14.6 Å². The van der Waals surface area contributed by atoms with Crippen molar-refractivity contribution in [3.63, 3.8) is 0 Å². The van der Waals surface area contributed by atoms with E-state index in [2.05, 4.69) is 17.9 Å². The number of carbonyl (C=O) groups is 1. The monoisotopic (exact) mass is 263 g/mol. The zero-order valence-corrected chi connectivity index (χ0v) is 11.6. The summed E-state index contributed by atoms with van der Waals surface area (Å²) in [7, 11) is 1.69. The van der Waals surface area contributed by atoms with E-state index in [4.69, 9.17) is 9.84 Å². The van der Waals surface area contributed by atoms with Gasteiger partial charge in [0.05, 0.1) is 12.8 Å². The molecule has 0 saturated heterocycles. The molecule has 1 aromatic carbocycles. The number of hydrogen-bond donors (Lipinski definition) is 1. The van der Waals surface area contributed by atoms with Gasteiger partial charge in [0.2, 0.25) is 0 Å². The van der Waals surface area contributed by atoms with E-state index in [1.807, 2.05) is 6.07 Å². The maximum atomic E-state index is 10.6. The Bertz CT molecular complexity index is 471. The molecular formula is C15H21NO3. The van der Waals surface area contributed by atoms with Gasteiger partial charge in [0.25, 0.3) is 0 Å². The highest BCUT2D eigenvalue weighted by Gasteiger charge is 2.22. The Hall–Kier alpha value is -1.71. The van der Waals surface area contributed by atoms with Crippen LogP contribution in [0.2, 0.25) is 0 Å². The maximum Gasteiger partial charge on any atom is 0.303 e. The van der Waals surface area contributed by atoms with Gasteiger partial charge in [0.15, 0.2) is 0 Å². The minimum atomic E-state index is -0.728. The summed E-state index contributed by atoms with van der Waals surface area (Å²) in [6.07, 6.45) is 3.09. The summed E-state index contributed by atoms with van der Waals surface area (Å²) in [6.45, 7) is 3.88. The predicted molar refractivity (Wildman–Crippen MR) is 75.1 cm³/mol. The fourth-order valence-electron chi connectivity index (χ4n) is 2.75. The van der Waals surface area contributed by atoms with Crippen molar-refractivity contribution in [2.24, 2.45) is 0 Å². The number of methoxy groups -OCH3 is 1. The molecule has 1 aliphatic heterocycles. The average molecular weight is 263 g/mol. The lowest BCUT2D eigenvalue weighted by atomic mass is 9.96. The van der Waals surface area contributed by atoms with E-state index in [0.29, 0.717) is 6.42 Å². The molecule has 19 heavy (non-hydrogen) atoms. The molecule has 1 N–H and O–H groups in total. The topological polar surface area (TPSA) is 49.8 Å². The van der Waals surface area contributed by atoms with Gasteiger partial charge in [0.1, 0.15) is 5.75 Å². The van der Waals surface area contributed by atoms with Crippen LogP contribution in [0.25, 0.3) is 0 Å². The minimum Gasteiger partial charge on any atom is -0.495 e. The van der Waals surface area contributed by atoms with E-state index >= 15 is 0 Å². The second-order valence-corrected chi connectivity index (χ2v) is 5.00. The van der Waals surface area contributed by atoms with Gasteiger partial charge in [-0.05, 0) is 43.4 Å². The van der Waals surface area contributed by atoms with Crippen molar-refractivity contribution in [2.75, 3.05) is 25.1 Å². The molecule has 1 heterocycles.